The van der Waals surface area contributed by atoms with Crippen molar-refractivity contribution >= 4 is 24.9 Å². The highest BCUT2D eigenvalue weighted by molar-refractivity contribution is 7.53. The van der Waals surface area contributed by atoms with Crippen molar-refractivity contribution in [3.05, 3.63) is 64.9 Å². The van der Waals surface area contributed by atoms with Crippen molar-refractivity contribution in [2.45, 2.75) is 20.0 Å². The molecular formula is C19H21N4O5P. The molecule has 10 heteroatoms. The number of carbonyl (C=O) groups excluding carboxylic acids is 1. The van der Waals surface area contributed by atoms with E-state index in [1.165, 1.54) is 30.5 Å². The number of nitrogens with zero attached hydrogens (tertiary/aromatic N) is 3. The Bertz CT molecular complexity index is 942. The summed E-state index contributed by atoms with van der Waals surface area (Å²) in [7, 11) is -3.21. The van der Waals surface area contributed by atoms with Crippen LogP contribution in [0.4, 0.5) is 11.4 Å². The Morgan fingerprint density at radius 3 is 2.24 bits per heavy atom. The van der Waals surface area contributed by atoms with Gasteiger partial charge in [-0.15, -0.1) is 0 Å². The summed E-state index contributed by atoms with van der Waals surface area (Å²) in [6, 6.07) is 12.6. The van der Waals surface area contributed by atoms with E-state index < -0.39 is 7.60 Å². The number of hydrogen-bond donors (Lipinski definition) is 1. The second-order valence-corrected chi connectivity index (χ2v) is 7.83. The van der Waals surface area contributed by atoms with Gasteiger partial charge in [-0.2, -0.15) is 5.26 Å². The molecule has 0 saturated heterocycles. The molecular weight excluding hydrogens is 395 g/mol. The third kappa shape index (κ3) is 6.50. The normalized spacial score (nSPS) is 11.7. The maximum atomic E-state index is 12.6. The Morgan fingerprint density at radius 2 is 1.72 bits per heavy atom. The largest absolute Gasteiger partial charge is 0.593 e. The van der Waals surface area contributed by atoms with E-state index >= 15 is 0 Å². The molecule has 0 radical (unpaired) electrons. The lowest BCUT2D eigenvalue weighted by molar-refractivity contribution is -0.435. The highest BCUT2D eigenvalue weighted by atomic mass is 31.2. The third-order valence-electron chi connectivity index (χ3n) is 3.73. The molecule has 0 aliphatic heterocycles. The number of benzene rings is 2. The number of anilines is 1. The predicted octanol–water partition coefficient (Wildman–Crippen LogP) is 4.78. The maximum absolute atomic E-state index is 12.6. The Morgan fingerprint density at radius 1 is 1.14 bits per heavy atom. The highest BCUT2D eigenvalue weighted by Gasteiger charge is 2.24. The van der Waals surface area contributed by atoms with Crippen LogP contribution in [0.1, 0.15) is 29.8 Å². The van der Waals surface area contributed by atoms with Gasteiger partial charge >= 0.3 is 7.60 Å². The molecule has 2 aromatic carbocycles. The van der Waals surface area contributed by atoms with Gasteiger partial charge in [-0.1, -0.05) is 12.1 Å². The number of amides is 1. The van der Waals surface area contributed by atoms with Crippen LogP contribution in [0.15, 0.2) is 53.6 Å². The molecule has 0 aliphatic carbocycles. The van der Waals surface area contributed by atoms with Crippen LogP contribution >= 0.6 is 7.60 Å². The number of azo groups is 1. The number of nitriles is 1. The van der Waals surface area contributed by atoms with Gasteiger partial charge in [0.2, 0.25) is 5.69 Å². The Balaban J connectivity index is 2.04. The zero-order valence-corrected chi connectivity index (χ0v) is 17.0. The van der Waals surface area contributed by atoms with E-state index in [0.29, 0.717) is 11.3 Å². The quantitative estimate of drug-likeness (QED) is 0.206. The van der Waals surface area contributed by atoms with Crippen LogP contribution in [0.2, 0.25) is 0 Å². The minimum absolute atomic E-state index is 0.123. The van der Waals surface area contributed by atoms with Gasteiger partial charge < -0.3 is 19.6 Å². The number of hydrogen-bond acceptors (Lipinski definition) is 7. The van der Waals surface area contributed by atoms with Gasteiger partial charge in [0, 0.05) is 23.4 Å². The Hall–Kier alpha value is -3.05. The first kappa shape index (κ1) is 22.2. The van der Waals surface area contributed by atoms with Crippen LogP contribution in [0, 0.1) is 16.7 Å². The van der Waals surface area contributed by atoms with Gasteiger partial charge in [0.1, 0.15) is 0 Å². The summed E-state index contributed by atoms with van der Waals surface area (Å²) in [5.41, 5.74) is 1.78. The van der Waals surface area contributed by atoms with E-state index in [-0.39, 0.29) is 35.8 Å². The van der Waals surface area contributed by atoms with Crippen molar-refractivity contribution in [1.82, 2.24) is 0 Å². The van der Waals surface area contributed by atoms with E-state index in [0.717, 1.165) is 5.56 Å². The van der Waals surface area contributed by atoms with Crippen LogP contribution in [0.25, 0.3) is 0 Å². The molecule has 2 rings (SSSR count). The van der Waals surface area contributed by atoms with Gasteiger partial charge in [0.25, 0.3) is 12.1 Å². The zero-order valence-electron chi connectivity index (χ0n) is 16.1. The average Bonchev–Trinajstić information content (AvgIpc) is 2.69. The summed E-state index contributed by atoms with van der Waals surface area (Å²) >= 11 is 0. The molecule has 0 saturated carbocycles. The topological polar surface area (TPSA) is 127 Å². The fraction of sp³-hybridized carbons (Fsp3) is 0.263. The van der Waals surface area contributed by atoms with Crippen molar-refractivity contribution in [2.75, 3.05) is 18.5 Å². The molecule has 29 heavy (non-hydrogen) atoms. The molecule has 2 aromatic rings. The first-order valence-corrected chi connectivity index (χ1v) is 10.6. The van der Waals surface area contributed by atoms with Gasteiger partial charge in [0.15, 0.2) is 0 Å². The lowest BCUT2D eigenvalue weighted by atomic mass is 10.1. The number of nitrogens with one attached hydrogen (secondary N) is 1. The smallest absolute Gasteiger partial charge is 0.335 e. The number of carbonyl (C=O) groups is 1. The summed E-state index contributed by atoms with van der Waals surface area (Å²) in [4.78, 5) is 12.6. The van der Waals surface area contributed by atoms with E-state index in [9.17, 15) is 14.6 Å². The third-order valence-corrected chi connectivity index (χ3v) is 5.78. The van der Waals surface area contributed by atoms with Gasteiger partial charge in [0.05, 0.1) is 24.5 Å². The van der Waals surface area contributed by atoms with Crippen LogP contribution in [-0.2, 0) is 19.8 Å². The number of rotatable bonds is 9. The zero-order chi connectivity index (χ0) is 21.3. The van der Waals surface area contributed by atoms with Gasteiger partial charge in [-0.25, -0.2) is 0 Å². The van der Waals surface area contributed by atoms with E-state index in [2.05, 4.69) is 10.4 Å². The summed E-state index contributed by atoms with van der Waals surface area (Å²) in [6.45, 7) is 4.06. The SMILES string of the molecule is CCOP(=O)(Cc1ccc(C(=O)Nc2ccc([N+]([O-])=NC#N)cc2)cc1)OCC. The van der Waals surface area contributed by atoms with Crippen molar-refractivity contribution in [1.29, 1.82) is 5.26 Å². The molecule has 0 fully saturated rings. The predicted molar refractivity (Wildman–Crippen MR) is 107 cm³/mol. The van der Waals surface area contributed by atoms with Crippen molar-refractivity contribution < 1.29 is 23.3 Å². The molecule has 0 aromatic heterocycles. The summed E-state index contributed by atoms with van der Waals surface area (Å²) in [5, 5.41) is 25.6. The van der Waals surface area contributed by atoms with Gasteiger partial charge in [-0.05, 0) is 48.5 Å². The van der Waals surface area contributed by atoms with E-state index in [1.807, 2.05) is 0 Å². The summed E-state index contributed by atoms with van der Waals surface area (Å²) < 4.78 is 23.1. The molecule has 0 atom stereocenters. The molecule has 0 unspecified atom stereocenters. The fourth-order valence-corrected chi connectivity index (χ4v) is 4.18. The second kappa shape index (κ2) is 10.5. The molecule has 152 valence electrons. The summed E-state index contributed by atoms with van der Waals surface area (Å²) in [6.07, 6.45) is 1.52. The molecule has 0 heterocycles. The monoisotopic (exact) mass is 416 g/mol. The fourth-order valence-electron chi connectivity index (χ4n) is 2.48. The summed E-state index contributed by atoms with van der Waals surface area (Å²) in [5.74, 6) is -0.345. The molecule has 0 bridgehead atoms. The van der Waals surface area contributed by atoms with Crippen molar-refractivity contribution in [3.63, 3.8) is 0 Å². The maximum Gasteiger partial charge on any atom is 0.335 e. The minimum Gasteiger partial charge on any atom is -0.593 e. The molecule has 9 nitrogen and oxygen atoms in total. The first-order chi connectivity index (χ1) is 13.9. The highest BCUT2D eigenvalue weighted by Crippen LogP contribution is 2.51. The Kier molecular flexibility index (Phi) is 8.04. The lowest BCUT2D eigenvalue weighted by Crippen LogP contribution is -2.11. The second-order valence-electron chi connectivity index (χ2n) is 5.78. The van der Waals surface area contributed by atoms with Gasteiger partial charge in [-0.3, -0.25) is 9.36 Å². The Labute approximate surface area is 168 Å². The lowest BCUT2D eigenvalue weighted by Gasteiger charge is -2.17. The first-order valence-electron chi connectivity index (χ1n) is 8.86. The van der Waals surface area contributed by atoms with Crippen molar-refractivity contribution in [3.8, 4) is 6.19 Å². The standard InChI is InChI=1S/C19H21N4O5P/c1-3-27-29(26,28-4-2)13-15-5-7-16(8-6-15)19(24)22-17-9-11-18(12-10-17)23(25)21-14-20/h5-12H,3-4,13H2,1-2H3,(H,22,24). The van der Waals surface area contributed by atoms with E-state index in [1.54, 1.807) is 38.1 Å². The van der Waals surface area contributed by atoms with Crippen LogP contribution in [-0.4, -0.2) is 24.0 Å². The average molecular weight is 416 g/mol. The van der Waals surface area contributed by atoms with Crippen LogP contribution < -0.4 is 5.32 Å². The molecule has 1 N–H and O–H groups in total. The van der Waals surface area contributed by atoms with Crippen LogP contribution in [0.3, 0.4) is 0 Å². The minimum atomic E-state index is -3.21. The molecule has 1 amide bonds. The molecule has 0 spiro atoms. The molecule has 0 aliphatic rings. The van der Waals surface area contributed by atoms with E-state index in [4.69, 9.17) is 14.3 Å². The van der Waals surface area contributed by atoms with Crippen LogP contribution in [0.5, 0.6) is 0 Å². The van der Waals surface area contributed by atoms with Crippen molar-refractivity contribution in [2.24, 2.45) is 5.11 Å².